The van der Waals surface area contributed by atoms with E-state index in [1.807, 2.05) is 26.0 Å². The van der Waals surface area contributed by atoms with Crippen LogP contribution in [-0.4, -0.2) is 25.1 Å². The quantitative estimate of drug-likeness (QED) is 0.122. The fraction of sp³-hybridized carbons (Fsp3) is 0.719. The molecule has 2 aromatic rings. The van der Waals surface area contributed by atoms with E-state index < -0.39 is 5.79 Å². The molecular weight excluding hydrogens is 621 g/mol. The third kappa shape index (κ3) is 12.0. The van der Waals surface area contributed by atoms with Crippen LogP contribution < -0.4 is 33.3 Å². The van der Waals surface area contributed by atoms with Crippen LogP contribution in [0.25, 0.3) is 0 Å². The highest BCUT2D eigenvalue weighted by atomic mass is 127. The van der Waals surface area contributed by atoms with Crippen LogP contribution in [0.1, 0.15) is 115 Å². The van der Waals surface area contributed by atoms with Gasteiger partial charge < -0.3 is 42.9 Å². The number of hydrogen-bond donors (Lipinski definition) is 0. The summed E-state index contributed by atoms with van der Waals surface area (Å²) in [5.41, 5.74) is 1.12. The van der Waals surface area contributed by atoms with Crippen LogP contribution in [0.5, 0.6) is 5.75 Å². The Morgan fingerprint density at radius 3 is 2.10 bits per heavy atom. The molecule has 5 nitrogen and oxygen atoms in total. The highest BCUT2D eigenvalue weighted by molar-refractivity contribution is 7.09. The normalized spacial score (nSPS) is 19.3. The Bertz CT molecular complexity index is 917. The minimum Gasteiger partial charge on any atom is -1.00 e. The van der Waals surface area contributed by atoms with Crippen molar-refractivity contribution in [2.75, 3.05) is 7.11 Å². The van der Waals surface area contributed by atoms with Crippen molar-refractivity contribution < 1.29 is 47.5 Å². The van der Waals surface area contributed by atoms with Crippen LogP contribution in [0.4, 0.5) is 0 Å². The van der Waals surface area contributed by atoms with E-state index in [9.17, 15) is 0 Å². The smallest absolute Gasteiger partial charge is 0.269 e. The Balaban J connectivity index is 0.00000533. The van der Waals surface area contributed by atoms with Gasteiger partial charge in [0.05, 0.1) is 25.2 Å². The first-order chi connectivity index (χ1) is 18.3. The maximum atomic E-state index is 6.59. The van der Waals surface area contributed by atoms with Gasteiger partial charge in [0.25, 0.3) is 5.01 Å². The molecular formula is C32H52INO4S. The van der Waals surface area contributed by atoms with E-state index in [4.69, 9.17) is 18.9 Å². The molecule has 1 saturated heterocycles. The number of benzene rings is 1. The minimum atomic E-state index is -0.609. The lowest BCUT2D eigenvalue weighted by Gasteiger charge is -2.24. The molecule has 222 valence electrons. The van der Waals surface area contributed by atoms with E-state index in [0.29, 0.717) is 6.61 Å². The van der Waals surface area contributed by atoms with E-state index in [2.05, 4.69) is 49.2 Å². The fourth-order valence-corrected chi connectivity index (χ4v) is 6.25. The molecule has 0 N–H and O–H groups in total. The van der Waals surface area contributed by atoms with Gasteiger partial charge in [0.15, 0.2) is 18.1 Å². The van der Waals surface area contributed by atoms with E-state index in [1.54, 1.807) is 18.4 Å². The van der Waals surface area contributed by atoms with Crippen molar-refractivity contribution in [1.82, 2.24) is 0 Å². The van der Waals surface area contributed by atoms with Gasteiger partial charge in [0.1, 0.15) is 18.9 Å². The second kappa shape index (κ2) is 17.9. The molecule has 0 saturated carbocycles. The number of halogens is 1. The predicted molar refractivity (Wildman–Crippen MR) is 155 cm³/mol. The number of ether oxygens (including phenoxy) is 4. The van der Waals surface area contributed by atoms with Crippen LogP contribution >= 0.6 is 11.3 Å². The third-order valence-corrected chi connectivity index (χ3v) is 8.46. The number of hydrogen-bond acceptors (Lipinski definition) is 5. The third-order valence-electron chi connectivity index (χ3n) is 7.44. The Kier molecular flexibility index (Phi) is 15.8. The highest BCUT2D eigenvalue weighted by Crippen LogP contribution is 2.39. The lowest BCUT2D eigenvalue weighted by molar-refractivity contribution is -0.678. The number of methoxy groups -OCH3 is 1. The second-order valence-corrected chi connectivity index (χ2v) is 12.6. The van der Waals surface area contributed by atoms with Crippen molar-refractivity contribution >= 4 is 11.3 Å². The number of aryl methyl sites for hydroxylation is 1. The number of unbranched alkanes of at least 4 members (excludes halogenated alkanes) is 8. The van der Waals surface area contributed by atoms with Gasteiger partial charge in [-0.1, -0.05) is 102 Å². The van der Waals surface area contributed by atoms with Crippen molar-refractivity contribution in [2.24, 2.45) is 13.0 Å². The van der Waals surface area contributed by atoms with Crippen molar-refractivity contribution in [3.63, 3.8) is 0 Å². The molecule has 7 heteroatoms. The van der Waals surface area contributed by atoms with Crippen LogP contribution in [0.3, 0.4) is 0 Å². The van der Waals surface area contributed by atoms with E-state index in [0.717, 1.165) is 35.1 Å². The molecule has 39 heavy (non-hydrogen) atoms. The van der Waals surface area contributed by atoms with Gasteiger partial charge >= 0.3 is 0 Å². The molecule has 3 rings (SSSR count). The van der Waals surface area contributed by atoms with Gasteiger partial charge in [0.2, 0.25) is 0 Å². The maximum Gasteiger partial charge on any atom is 0.269 e. The molecule has 1 aliphatic rings. The van der Waals surface area contributed by atoms with Crippen LogP contribution in [0.15, 0.2) is 35.8 Å². The Morgan fingerprint density at radius 2 is 1.54 bits per heavy atom. The number of thiazole rings is 1. The molecule has 0 radical (unpaired) electrons. The molecule has 1 aliphatic heterocycles. The standard InChI is InChI=1S/C32H52NO4S.HI/c1-25(2)16-14-12-10-8-7-9-11-13-15-17-28-29(37-32(3,4)36-28)30(31-33(5)22-23-38-31)35-24-26-18-20-27(34-6)21-19-26;/h18-23,25,28-30H,7-17,24H2,1-6H3;1H/q+1;/p-1/t28-,29-,30+;/m1./s1. The van der Waals surface area contributed by atoms with Gasteiger partial charge in [-0.15, -0.1) is 0 Å². The topological polar surface area (TPSA) is 40.8 Å². The molecule has 0 amide bonds. The van der Waals surface area contributed by atoms with E-state index >= 15 is 0 Å². The first-order valence-corrected chi connectivity index (χ1v) is 15.7. The van der Waals surface area contributed by atoms with Crippen molar-refractivity contribution in [2.45, 2.75) is 129 Å². The largest absolute Gasteiger partial charge is 1.00 e. The minimum absolute atomic E-state index is 0. The van der Waals surface area contributed by atoms with Crippen LogP contribution in [-0.2, 0) is 27.9 Å². The van der Waals surface area contributed by atoms with Gasteiger partial charge in [-0.3, -0.25) is 0 Å². The molecule has 1 fully saturated rings. The van der Waals surface area contributed by atoms with Crippen molar-refractivity contribution in [3.8, 4) is 5.75 Å². The molecule has 0 bridgehead atoms. The Morgan fingerprint density at radius 1 is 0.923 bits per heavy atom. The van der Waals surface area contributed by atoms with Gasteiger partial charge in [-0.05, 0) is 43.9 Å². The van der Waals surface area contributed by atoms with Gasteiger partial charge in [0, 0.05) is 0 Å². The summed E-state index contributed by atoms with van der Waals surface area (Å²) < 4.78 is 27.0. The van der Waals surface area contributed by atoms with Crippen molar-refractivity contribution in [3.05, 3.63) is 46.4 Å². The van der Waals surface area contributed by atoms with E-state index in [-0.39, 0.29) is 42.3 Å². The zero-order valence-electron chi connectivity index (χ0n) is 25.1. The molecule has 1 aromatic carbocycles. The molecule has 0 unspecified atom stereocenters. The van der Waals surface area contributed by atoms with Gasteiger partial charge in [-0.25, -0.2) is 0 Å². The lowest BCUT2D eigenvalue weighted by atomic mass is 10.00. The zero-order valence-corrected chi connectivity index (χ0v) is 28.1. The lowest BCUT2D eigenvalue weighted by Crippen LogP contribution is -3.00. The predicted octanol–water partition coefficient (Wildman–Crippen LogP) is 5.31. The average molecular weight is 674 g/mol. The first-order valence-electron chi connectivity index (χ1n) is 14.8. The number of aromatic nitrogens is 1. The molecule has 0 aliphatic carbocycles. The Labute approximate surface area is 259 Å². The van der Waals surface area contributed by atoms with Crippen LogP contribution in [0, 0.1) is 5.92 Å². The highest BCUT2D eigenvalue weighted by Gasteiger charge is 2.48. The summed E-state index contributed by atoms with van der Waals surface area (Å²) in [6.45, 7) is 9.21. The summed E-state index contributed by atoms with van der Waals surface area (Å²) >= 11 is 1.72. The first kappa shape index (κ1) is 34.5. The van der Waals surface area contributed by atoms with Crippen LogP contribution in [0.2, 0.25) is 0 Å². The SMILES string of the molecule is COc1ccc(CO[C@H](c2scc[n+]2C)[C@@H]2OC(C)(C)O[C@@H]2CCCCCCCCCCCC(C)C)cc1.[I-]. The Hall–Kier alpha value is -0.740. The maximum absolute atomic E-state index is 6.59. The summed E-state index contributed by atoms with van der Waals surface area (Å²) in [6, 6.07) is 8.08. The zero-order chi connectivity index (χ0) is 27.4. The van der Waals surface area contributed by atoms with Crippen molar-refractivity contribution in [1.29, 1.82) is 0 Å². The summed E-state index contributed by atoms with van der Waals surface area (Å²) in [5, 5.41) is 3.27. The summed E-state index contributed by atoms with van der Waals surface area (Å²) in [7, 11) is 3.77. The fourth-order valence-electron chi connectivity index (χ4n) is 5.31. The number of nitrogens with zero attached hydrogens (tertiary/aromatic N) is 1. The second-order valence-electron chi connectivity index (χ2n) is 11.7. The molecule has 3 atom stereocenters. The molecule has 2 heterocycles. The van der Waals surface area contributed by atoms with Gasteiger partial charge in [-0.2, -0.15) is 4.57 Å². The average Bonchev–Trinajstić information content (AvgIpc) is 3.44. The molecule has 0 spiro atoms. The summed E-state index contributed by atoms with van der Waals surface area (Å²) in [6.07, 6.45) is 16.2. The van der Waals surface area contributed by atoms with E-state index in [1.165, 1.54) is 57.8 Å². The molecule has 1 aromatic heterocycles. The number of rotatable bonds is 18. The summed E-state index contributed by atoms with van der Waals surface area (Å²) in [5.74, 6) is 1.09. The monoisotopic (exact) mass is 673 g/mol. The summed E-state index contributed by atoms with van der Waals surface area (Å²) in [4.78, 5) is 0.